The van der Waals surface area contributed by atoms with Gasteiger partial charge in [-0.3, -0.25) is 9.69 Å². The molecule has 1 aliphatic rings. The van der Waals surface area contributed by atoms with E-state index < -0.39 is 23.7 Å². The molecule has 0 bridgehead atoms. The molecule has 0 radical (unpaired) electrons. The molecule has 0 heterocycles. The monoisotopic (exact) mass is 373 g/mol. The Morgan fingerprint density at radius 1 is 1.31 bits per heavy atom. The van der Waals surface area contributed by atoms with Gasteiger partial charge < -0.3 is 15.7 Å². The molecule has 6 nitrogen and oxygen atoms in total. The van der Waals surface area contributed by atoms with Gasteiger partial charge in [0.2, 0.25) is 0 Å². The SMILES string of the molecule is CCN(CC(=O)O)C1CC(NC(=O)Nc2cccc(C(F)(F)F)c2C)C1. The Morgan fingerprint density at radius 2 is 1.96 bits per heavy atom. The fraction of sp³-hybridized carbons (Fsp3) is 0.529. The Morgan fingerprint density at radius 3 is 2.50 bits per heavy atom. The van der Waals surface area contributed by atoms with E-state index in [2.05, 4.69) is 10.6 Å². The van der Waals surface area contributed by atoms with Crippen LogP contribution < -0.4 is 10.6 Å². The highest BCUT2D eigenvalue weighted by Crippen LogP contribution is 2.34. The maximum absolute atomic E-state index is 12.9. The second kappa shape index (κ2) is 7.94. The molecule has 0 atom stereocenters. The van der Waals surface area contributed by atoms with E-state index in [1.807, 2.05) is 11.8 Å². The van der Waals surface area contributed by atoms with Crippen LogP contribution in [0.3, 0.4) is 0 Å². The average molecular weight is 373 g/mol. The van der Waals surface area contributed by atoms with Crippen LogP contribution in [0.5, 0.6) is 0 Å². The van der Waals surface area contributed by atoms with Crippen molar-refractivity contribution in [3.05, 3.63) is 29.3 Å². The number of hydrogen-bond donors (Lipinski definition) is 3. The summed E-state index contributed by atoms with van der Waals surface area (Å²) in [5.74, 6) is -0.902. The number of carboxylic acid groups (broad SMARTS) is 1. The van der Waals surface area contributed by atoms with Crippen LogP contribution in [-0.2, 0) is 11.0 Å². The lowest BCUT2D eigenvalue weighted by molar-refractivity contribution is -0.139. The standard InChI is InChI=1S/C17H22F3N3O3/c1-3-23(9-15(24)25)12-7-11(8-12)21-16(26)22-14-6-4-5-13(10(14)2)17(18,19)20/h4-6,11-12H,3,7-9H2,1-2H3,(H,24,25)(H2,21,22,26). The molecule has 0 spiro atoms. The number of amides is 2. The molecule has 9 heteroatoms. The number of urea groups is 1. The third-order valence-corrected chi connectivity index (χ3v) is 4.60. The van der Waals surface area contributed by atoms with E-state index in [4.69, 9.17) is 5.11 Å². The van der Waals surface area contributed by atoms with Gasteiger partial charge in [-0.15, -0.1) is 0 Å². The van der Waals surface area contributed by atoms with E-state index >= 15 is 0 Å². The number of likely N-dealkylation sites (N-methyl/N-ethyl adjacent to an activating group) is 1. The Bertz CT molecular complexity index is 673. The molecule has 1 saturated carbocycles. The van der Waals surface area contributed by atoms with Gasteiger partial charge in [-0.1, -0.05) is 13.0 Å². The normalized spacial score (nSPS) is 19.8. The van der Waals surface area contributed by atoms with Gasteiger partial charge in [-0.25, -0.2) is 4.79 Å². The van der Waals surface area contributed by atoms with Gasteiger partial charge in [0.05, 0.1) is 12.1 Å². The molecule has 2 rings (SSSR count). The lowest BCUT2D eigenvalue weighted by Gasteiger charge is -2.42. The van der Waals surface area contributed by atoms with E-state index in [0.717, 1.165) is 6.07 Å². The van der Waals surface area contributed by atoms with Crippen LogP contribution >= 0.6 is 0 Å². The van der Waals surface area contributed by atoms with Crippen LogP contribution in [0.2, 0.25) is 0 Å². The van der Waals surface area contributed by atoms with Gasteiger partial charge in [-0.05, 0) is 44.0 Å². The number of rotatable bonds is 6. The van der Waals surface area contributed by atoms with E-state index in [0.29, 0.717) is 19.4 Å². The first-order valence-electron chi connectivity index (χ1n) is 8.32. The lowest BCUT2D eigenvalue weighted by atomic mass is 9.85. The molecule has 2 amide bonds. The van der Waals surface area contributed by atoms with Crippen molar-refractivity contribution < 1.29 is 27.9 Å². The molecular weight excluding hydrogens is 351 g/mol. The minimum atomic E-state index is -4.48. The molecule has 0 aliphatic heterocycles. The molecule has 144 valence electrons. The quantitative estimate of drug-likeness (QED) is 0.716. The topological polar surface area (TPSA) is 81.7 Å². The second-order valence-electron chi connectivity index (χ2n) is 6.35. The largest absolute Gasteiger partial charge is 0.480 e. The summed E-state index contributed by atoms with van der Waals surface area (Å²) in [7, 11) is 0. The summed E-state index contributed by atoms with van der Waals surface area (Å²) in [4.78, 5) is 24.7. The zero-order valence-corrected chi connectivity index (χ0v) is 14.6. The van der Waals surface area contributed by atoms with Gasteiger partial charge in [0, 0.05) is 17.8 Å². The van der Waals surface area contributed by atoms with Crippen molar-refractivity contribution in [2.75, 3.05) is 18.4 Å². The minimum absolute atomic E-state index is 0.0414. The predicted octanol–water partition coefficient (Wildman–Crippen LogP) is 3.07. The van der Waals surface area contributed by atoms with Crippen molar-refractivity contribution in [3.8, 4) is 0 Å². The predicted molar refractivity (Wildman–Crippen MR) is 90.0 cm³/mol. The molecule has 3 N–H and O–H groups in total. The Kier molecular flexibility index (Phi) is 6.12. The van der Waals surface area contributed by atoms with Crippen molar-refractivity contribution in [2.45, 2.75) is 44.9 Å². The van der Waals surface area contributed by atoms with Crippen LogP contribution in [0, 0.1) is 6.92 Å². The van der Waals surface area contributed by atoms with Crippen LogP contribution in [0.15, 0.2) is 18.2 Å². The third-order valence-electron chi connectivity index (χ3n) is 4.60. The molecule has 0 aromatic heterocycles. The number of carbonyl (C=O) groups excluding carboxylic acids is 1. The zero-order valence-electron chi connectivity index (χ0n) is 14.6. The Labute approximate surface area is 149 Å². The number of alkyl halides is 3. The number of hydrogen-bond acceptors (Lipinski definition) is 3. The van der Waals surface area contributed by atoms with E-state index in [-0.39, 0.29) is 29.9 Å². The number of benzene rings is 1. The third kappa shape index (κ3) is 4.87. The molecule has 1 fully saturated rings. The number of carboxylic acids is 1. The fourth-order valence-corrected chi connectivity index (χ4v) is 3.10. The number of nitrogens with zero attached hydrogens (tertiary/aromatic N) is 1. The first-order chi connectivity index (χ1) is 12.1. The van der Waals surface area contributed by atoms with Crippen LogP contribution in [0.4, 0.5) is 23.7 Å². The van der Waals surface area contributed by atoms with Crippen molar-refractivity contribution >= 4 is 17.7 Å². The summed E-state index contributed by atoms with van der Waals surface area (Å²) < 4.78 is 38.7. The number of anilines is 1. The van der Waals surface area contributed by atoms with Crippen molar-refractivity contribution in [3.63, 3.8) is 0 Å². The van der Waals surface area contributed by atoms with Gasteiger partial charge in [-0.2, -0.15) is 13.2 Å². The zero-order chi connectivity index (χ0) is 19.5. The highest BCUT2D eigenvalue weighted by Gasteiger charge is 2.35. The summed E-state index contributed by atoms with van der Waals surface area (Å²) >= 11 is 0. The van der Waals surface area contributed by atoms with Gasteiger partial charge >= 0.3 is 18.2 Å². The number of halogens is 3. The van der Waals surface area contributed by atoms with Gasteiger partial charge in [0.15, 0.2) is 0 Å². The van der Waals surface area contributed by atoms with Gasteiger partial charge in [0.25, 0.3) is 0 Å². The number of carbonyl (C=O) groups is 2. The molecule has 1 aromatic carbocycles. The molecule has 0 unspecified atom stereocenters. The molecule has 0 saturated heterocycles. The summed E-state index contributed by atoms with van der Waals surface area (Å²) in [5.41, 5.74) is -0.722. The molecule has 1 aromatic rings. The molecular formula is C17H22F3N3O3. The minimum Gasteiger partial charge on any atom is -0.480 e. The van der Waals surface area contributed by atoms with E-state index in [9.17, 15) is 22.8 Å². The van der Waals surface area contributed by atoms with Crippen LogP contribution in [0.25, 0.3) is 0 Å². The van der Waals surface area contributed by atoms with Gasteiger partial charge in [0.1, 0.15) is 0 Å². The number of nitrogens with one attached hydrogen (secondary N) is 2. The van der Waals surface area contributed by atoms with Crippen molar-refractivity contribution in [2.24, 2.45) is 0 Å². The summed E-state index contributed by atoms with van der Waals surface area (Å²) in [6, 6.07) is 3.01. The van der Waals surface area contributed by atoms with E-state index in [1.165, 1.54) is 19.1 Å². The first-order valence-corrected chi connectivity index (χ1v) is 8.32. The van der Waals surface area contributed by atoms with Crippen LogP contribution in [-0.4, -0.2) is 47.2 Å². The smallest absolute Gasteiger partial charge is 0.416 e. The second-order valence-corrected chi connectivity index (χ2v) is 6.35. The van der Waals surface area contributed by atoms with E-state index in [1.54, 1.807) is 0 Å². The summed E-state index contributed by atoms with van der Waals surface area (Å²) in [6.07, 6.45) is -3.26. The maximum atomic E-state index is 12.9. The summed E-state index contributed by atoms with van der Waals surface area (Å²) in [6.45, 7) is 3.72. The Hall–Kier alpha value is -2.29. The summed E-state index contributed by atoms with van der Waals surface area (Å²) in [5, 5.41) is 14.0. The highest BCUT2D eigenvalue weighted by atomic mass is 19.4. The average Bonchev–Trinajstić information content (AvgIpc) is 2.49. The van der Waals surface area contributed by atoms with Crippen molar-refractivity contribution in [1.29, 1.82) is 0 Å². The fourth-order valence-electron chi connectivity index (χ4n) is 3.10. The van der Waals surface area contributed by atoms with Crippen molar-refractivity contribution in [1.82, 2.24) is 10.2 Å². The lowest BCUT2D eigenvalue weighted by Crippen LogP contribution is -2.55. The Balaban J connectivity index is 1.89. The molecule has 26 heavy (non-hydrogen) atoms. The van der Waals surface area contributed by atoms with Crippen LogP contribution in [0.1, 0.15) is 30.9 Å². The highest BCUT2D eigenvalue weighted by molar-refractivity contribution is 5.90. The maximum Gasteiger partial charge on any atom is 0.416 e. The molecule has 1 aliphatic carbocycles. The number of aliphatic carboxylic acids is 1. The first kappa shape index (κ1) is 20.0.